The van der Waals surface area contributed by atoms with Crippen molar-refractivity contribution in [2.75, 3.05) is 51.3 Å². The second kappa shape index (κ2) is 12.7. The quantitative estimate of drug-likeness (QED) is 0.250. The highest BCUT2D eigenvalue weighted by molar-refractivity contribution is 6.36. The number of benzene rings is 3. The zero-order valence-electron chi connectivity index (χ0n) is 25.7. The molecule has 2 saturated heterocycles. The molecule has 3 aromatic carbocycles. The van der Waals surface area contributed by atoms with Crippen molar-refractivity contribution in [3.8, 4) is 11.7 Å². The largest absolute Gasteiger partial charge is 0.462 e. The first-order chi connectivity index (χ1) is 22.4. The molecule has 5 aromatic rings. The Labute approximate surface area is 270 Å². The number of likely N-dealkylation sites (N-methyl/N-ethyl adjacent to an activating group) is 1. The number of piperazine rings is 1. The van der Waals surface area contributed by atoms with Gasteiger partial charge in [0.15, 0.2) is 11.3 Å². The molecule has 2 fully saturated rings. The van der Waals surface area contributed by atoms with E-state index in [-0.39, 0.29) is 23.1 Å². The molecule has 1 atom stereocenters. The highest BCUT2D eigenvalue weighted by Gasteiger charge is 2.28. The maximum atomic E-state index is 14.4. The van der Waals surface area contributed by atoms with Gasteiger partial charge in [-0.3, -0.25) is 9.36 Å². The van der Waals surface area contributed by atoms with Gasteiger partial charge >= 0.3 is 12.0 Å². The lowest BCUT2D eigenvalue weighted by molar-refractivity contribution is -0.112. The number of carbonyl (C=O) groups is 1. The molecule has 7 rings (SSSR count). The van der Waals surface area contributed by atoms with Gasteiger partial charge in [-0.15, -0.1) is 5.06 Å². The average Bonchev–Trinajstić information content (AvgIpc) is 3.49. The van der Waals surface area contributed by atoms with Crippen molar-refractivity contribution in [2.24, 2.45) is 0 Å². The van der Waals surface area contributed by atoms with Crippen LogP contribution in [0, 0.1) is 6.92 Å². The lowest BCUT2D eigenvalue weighted by Gasteiger charge is -2.34. The summed E-state index contributed by atoms with van der Waals surface area (Å²) in [6, 6.07) is 20.7. The van der Waals surface area contributed by atoms with E-state index < -0.39 is 5.97 Å². The van der Waals surface area contributed by atoms with Crippen molar-refractivity contribution in [3.63, 3.8) is 0 Å². The minimum absolute atomic E-state index is 0.131. The van der Waals surface area contributed by atoms with Gasteiger partial charge in [0.05, 0.1) is 29.4 Å². The topological polar surface area (TPSA) is 106 Å². The Hall–Kier alpha value is -4.58. The van der Waals surface area contributed by atoms with Crippen molar-refractivity contribution < 1.29 is 14.4 Å². The van der Waals surface area contributed by atoms with Gasteiger partial charge < -0.3 is 19.4 Å². The second-order valence-corrected chi connectivity index (χ2v) is 12.1. The van der Waals surface area contributed by atoms with E-state index in [9.17, 15) is 9.59 Å². The lowest BCUT2D eigenvalue weighted by atomic mass is 10.1. The molecule has 4 heterocycles. The summed E-state index contributed by atoms with van der Waals surface area (Å²) in [5.41, 5.74) is 1.34. The van der Waals surface area contributed by atoms with Crippen LogP contribution < -0.4 is 15.2 Å². The van der Waals surface area contributed by atoms with E-state index in [0.717, 1.165) is 30.2 Å². The predicted octanol–water partition coefficient (Wildman–Crippen LogP) is 4.66. The van der Waals surface area contributed by atoms with Crippen LogP contribution >= 0.6 is 11.6 Å². The molecule has 11 nitrogen and oxygen atoms in total. The number of aryl methyl sites for hydroxylation is 1. The number of fused-ring (bicyclic) bond motifs is 2. The van der Waals surface area contributed by atoms with E-state index in [1.54, 1.807) is 40.8 Å². The first-order valence-corrected chi connectivity index (χ1v) is 15.8. The molecule has 2 aliphatic heterocycles. The first-order valence-electron chi connectivity index (χ1n) is 15.5. The molecule has 0 radical (unpaired) electrons. The number of aromatic nitrogens is 4. The number of halogens is 1. The number of likely N-dealkylation sites (tertiary alicyclic amines) is 1. The molecule has 0 saturated carbocycles. The van der Waals surface area contributed by atoms with Gasteiger partial charge in [0.2, 0.25) is 0 Å². The predicted molar refractivity (Wildman–Crippen MR) is 177 cm³/mol. The Bertz CT molecular complexity index is 1970. The summed E-state index contributed by atoms with van der Waals surface area (Å²) in [6.45, 7) is 5.08. The van der Waals surface area contributed by atoms with Crippen LogP contribution in [0.4, 0.5) is 5.82 Å². The third-order valence-corrected chi connectivity index (χ3v) is 9.07. The fourth-order valence-electron chi connectivity index (χ4n) is 6.27. The lowest BCUT2D eigenvalue weighted by Crippen LogP contribution is -2.47. The molecular weight excluding hydrogens is 606 g/mol. The number of hydroxylamine groups is 2. The Balaban J connectivity index is 1.25. The van der Waals surface area contributed by atoms with Crippen LogP contribution in [-0.2, 0) is 4.84 Å². The molecule has 0 unspecified atom stereocenters. The van der Waals surface area contributed by atoms with Gasteiger partial charge in [-0.25, -0.2) is 9.78 Å². The van der Waals surface area contributed by atoms with E-state index in [2.05, 4.69) is 16.9 Å². The van der Waals surface area contributed by atoms with Gasteiger partial charge in [-0.05, 0) is 63.0 Å². The highest BCUT2D eigenvalue weighted by atomic mass is 35.5. The Kier molecular flexibility index (Phi) is 8.29. The third-order valence-electron chi connectivity index (χ3n) is 8.76. The number of ether oxygens (including phenoxy) is 1. The van der Waals surface area contributed by atoms with Gasteiger partial charge in [0.1, 0.15) is 17.9 Å². The number of carbonyl (C=O) groups excluding carboxylic acids is 1. The zero-order valence-corrected chi connectivity index (χ0v) is 26.5. The monoisotopic (exact) mass is 639 g/mol. The van der Waals surface area contributed by atoms with Crippen molar-refractivity contribution in [1.82, 2.24) is 29.5 Å². The molecule has 46 heavy (non-hydrogen) atoms. The van der Waals surface area contributed by atoms with Gasteiger partial charge in [0, 0.05) is 24.5 Å². The van der Waals surface area contributed by atoms with E-state index in [1.165, 1.54) is 0 Å². The maximum absolute atomic E-state index is 14.4. The smallest absolute Gasteiger partial charge is 0.357 e. The molecule has 12 heteroatoms. The van der Waals surface area contributed by atoms with Crippen LogP contribution in [0.15, 0.2) is 71.5 Å². The number of nitrogens with zero attached hydrogens (tertiary/aromatic N) is 7. The summed E-state index contributed by atoms with van der Waals surface area (Å²) < 4.78 is 7.73. The van der Waals surface area contributed by atoms with Crippen LogP contribution in [0.2, 0.25) is 5.02 Å². The minimum atomic E-state index is -0.402. The minimum Gasteiger partial charge on any atom is -0.462 e. The SMILES string of the molecule is Cc1nc2c(N3CCN(OC(=O)c4ccccc4)CC3)nc(OC[C@@H]3CCCN3C)nc2c(=O)n1-c1cccc2cccc(Cl)c12. The van der Waals surface area contributed by atoms with Gasteiger partial charge in [-0.1, -0.05) is 54.1 Å². The van der Waals surface area contributed by atoms with Gasteiger partial charge in [-0.2, -0.15) is 9.97 Å². The Morgan fingerprint density at radius 2 is 1.67 bits per heavy atom. The second-order valence-electron chi connectivity index (χ2n) is 11.7. The summed E-state index contributed by atoms with van der Waals surface area (Å²) in [5.74, 6) is 0.587. The fourth-order valence-corrected chi connectivity index (χ4v) is 6.55. The van der Waals surface area contributed by atoms with Crippen molar-refractivity contribution in [2.45, 2.75) is 25.8 Å². The molecule has 0 amide bonds. The molecule has 0 N–H and O–H groups in total. The molecule has 0 spiro atoms. The van der Waals surface area contributed by atoms with Crippen LogP contribution in [0.3, 0.4) is 0 Å². The van der Waals surface area contributed by atoms with E-state index in [4.69, 9.17) is 31.1 Å². The average molecular weight is 640 g/mol. The fraction of sp³-hybridized carbons (Fsp3) is 0.324. The molecule has 0 bridgehead atoms. The molecule has 0 aliphatic carbocycles. The van der Waals surface area contributed by atoms with Crippen molar-refractivity contribution in [3.05, 3.63) is 93.5 Å². The summed E-state index contributed by atoms with van der Waals surface area (Å²) >= 11 is 6.65. The van der Waals surface area contributed by atoms with Crippen LogP contribution in [0.1, 0.15) is 29.0 Å². The maximum Gasteiger partial charge on any atom is 0.357 e. The Morgan fingerprint density at radius 1 is 0.913 bits per heavy atom. The standard InChI is InChI=1S/C34H34ClN7O4/c1-22-36-29-30(32(43)42(22)27-15-7-12-23-11-6-14-26(35)28(23)27)37-34(45-21-25-13-8-16-39(25)2)38-31(29)40-17-19-41(20-18-40)46-33(44)24-9-4-3-5-10-24/h3-7,9-12,14-15,25H,8,13,16-21H2,1-2H3/t25-/m0/s1. The first kappa shape index (κ1) is 30.1. The van der Waals surface area contributed by atoms with E-state index in [1.807, 2.05) is 47.4 Å². The van der Waals surface area contributed by atoms with E-state index in [0.29, 0.717) is 66.2 Å². The van der Waals surface area contributed by atoms with Gasteiger partial charge in [0.25, 0.3) is 5.56 Å². The number of hydrogen-bond donors (Lipinski definition) is 0. The van der Waals surface area contributed by atoms with Crippen LogP contribution in [0.25, 0.3) is 27.5 Å². The normalized spacial score (nSPS) is 17.5. The summed E-state index contributed by atoms with van der Waals surface area (Å²) in [5, 5.41) is 3.86. The Morgan fingerprint density at radius 3 is 2.41 bits per heavy atom. The van der Waals surface area contributed by atoms with Crippen LogP contribution in [-0.4, -0.2) is 87.9 Å². The zero-order chi connectivity index (χ0) is 31.8. The molecule has 2 aliphatic rings. The van der Waals surface area contributed by atoms with Crippen molar-refractivity contribution in [1.29, 1.82) is 0 Å². The van der Waals surface area contributed by atoms with E-state index >= 15 is 0 Å². The number of hydrogen-bond acceptors (Lipinski definition) is 10. The summed E-state index contributed by atoms with van der Waals surface area (Å²) in [4.78, 5) is 51.3. The third kappa shape index (κ3) is 5.77. The highest BCUT2D eigenvalue weighted by Crippen LogP contribution is 2.31. The molecule has 2 aromatic heterocycles. The van der Waals surface area contributed by atoms with Crippen LogP contribution in [0.5, 0.6) is 6.01 Å². The van der Waals surface area contributed by atoms with Crippen molar-refractivity contribution >= 4 is 45.2 Å². The number of rotatable bonds is 7. The molecular formula is C34H34ClN7O4. The molecule has 236 valence electrons. The summed E-state index contributed by atoms with van der Waals surface area (Å²) in [7, 11) is 2.08. The summed E-state index contributed by atoms with van der Waals surface area (Å²) in [6.07, 6.45) is 2.13. The number of anilines is 1.